The summed E-state index contributed by atoms with van der Waals surface area (Å²) < 4.78 is 24.6. The van der Waals surface area contributed by atoms with Gasteiger partial charge in [0.25, 0.3) is 5.91 Å². The first-order chi connectivity index (χ1) is 15.9. The fourth-order valence-electron chi connectivity index (χ4n) is 4.72. The van der Waals surface area contributed by atoms with Gasteiger partial charge in [-0.3, -0.25) is 14.5 Å². The molecule has 3 heterocycles. The largest absolute Gasteiger partial charge is 0.486 e. The Hall–Kier alpha value is -3.62. The van der Waals surface area contributed by atoms with Gasteiger partial charge in [-0.15, -0.1) is 0 Å². The van der Waals surface area contributed by atoms with E-state index in [1.807, 2.05) is 18.2 Å². The molecule has 4 amide bonds. The quantitative estimate of drug-likeness (QED) is 0.720. The van der Waals surface area contributed by atoms with E-state index in [1.165, 1.54) is 24.3 Å². The third kappa shape index (κ3) is 3.67. The molecule has 2 fully saturated rings. The summed E-state index contributed by atoms with van der Waals surface area (Å²) in [6, 6.07) is 10.2. The molecule has 0 radical (unpaired) electrons. The van der Waals surface area contributed by atoms with E-state index in [-0.39, 0.29) is 18.5 Å². The minimum absolute atomic E-state index is 0.169. The zero-order valence-corrected chi connectivity index (χ0v) is 18.2. The van der Waals surface area contributed by atoms with E-state index in [9.17, 15) is 18.8 Å². The number of imide groups is 1. The number of carbonyl (C=O) groups excluding carboxylic acids is 3. The number of carbonyl (C=O) groups is 3. The summed E-state index contributed by atoms with van der Waals surface area (Å²) >= 11 is 0. The smallest absolute Gasteiger partial charge is 0.325 e. The van der Waals surface area contributed by atoms with E-state index in [1.54, 1.807) is 11.8 Å². The standard InChI is InChI=1S/C24H24FN3O5/c1-24(16-5-7-17(25)8-6-16)22(30)28(23(31)26-24)14-21(29)27-10-2-3-18(27)15-4-9-19-20(13-15)33-12-11-32-19/h4-9,13,18H,2-3,10-12,14H2,1H3,(H,26,31)/t18-,24+/m0/s1. The van der Waals surface area contributed by atoms with Crippen LogP contribution >= 0.6 is 0 Å². The molecule has 5 rings (SSSR count). The van der Waals surface area contributed by atoms with Crippen LogP contribution in [-0.2, 0) is 15.1 Å². The highest BCUT2D eigenvalue weighted by molar-refractivity contribution is 6.09. The molecule has 172 valence electrons. The summed E-state index contributed by atoms with van der Waals surface area (Å²) in [5.41, 5.74) is 0.0247. The number of likely N-dealkylation sites (tertiary alicyclic amines) is 1. The van der Waals surface area contributed by atoms with Crippen molar-refractivity contribution in [3.8, 4) is 11.5 Å². The summed E-state index contributed by atoms with van der Waals surface area (Å²) in [5, 5.41) is 2.65. The van der Waals surface area contributed by atoms with Crippen LogP contribution in [0.2, 0.25) is 0 Å². The van der Waals surface area contributed by atoms with Crippen molar-refractivity contribution in [1.29, 1.82) is 0 Å². The number of amides is 4. The maximum Gasteiger partial charge on any atom is 0.325 e. The summed E-state index contributed by atoms with van der Waals surface area (Å²) in [6.45, 7) is 2.71. The normalized spacial score (nSPS) is 24.2. The van der Waals surface area contributed by atoms with E-state index in [0.717, 1.165) is 23.3 Å². The summed E-state index contributed by atoms with van der Waals surface area (Å²) in [7, 11) is 0. The van der Waals surface area contributed by atoms with Crippen LogP contribution in [0.1, 0.15) is 36.9 Å². The Balaban J connectivity index is 1.33. The van der Waals surface area contributed by atoms with Crippen molar-refractivity contribution >= 4 is 17.8 Å². The molecule has 0 spiro atoms. The molecule has 2 aromatic carbocycles. The van der Waals surface area contributed by atoms with Crippen molar-refractivity contribution in [3.05, 3.63) is 59.4 Å². The van der Waals surface area contributed by atoms with Crippen LogP contribution in [0.15, 0.2) is 42.5 Å². The third-order valence-corrected chi connectivity index (χ3v) is 6.51. The van der Waals surface area contributed by atoms with Crippen LogP contribution in [0.4, 0.5) is 9.18 Å². The second-order valence-corrected chi connectivity index (χ2v) is 8.60. The molecule has 33 heavy (non-hydrogen) atoms. The monoisotopic (exact) mass is 453 g/mol. The molecule has 1 N–H and O–H groups in total. The number of ether oxygens (including phenoxy) is 2. The Kier molecular flexibility index (Phi) is 5.19. The highest BCUT2D eigenvalue weighted by atomic mass is 19.1. The predicted molar refractivity (Wildman–Crippen MR) is 115 cm³/mol. The Morgan fingerprint density at radius 1 is 1.12 bits per heavy atom. The fraction of sp³-hybridized carbons (Fsp3) is 0.375. The summed E-state index contributed by atoms with van der Waals surface area (Å²) in [4.78, 5) is 41.6. The maximum absolute atomic E-state index is 13.3. The van der Waals surface area contributed by atoms with Gasteiger partial charge in [-0.25, -0.2) is 9.18 Å². The second-order valence-electron chi connectivity index (χ2n) is 8.60. The number of nitrogens with zero attached hydrogens (tertiary/aromatic N) is 2. The molecule has 3 aliphatic heterocycles. The van der Waals surface area contributed by atoms with Gasteiger partial charge >= 0.3 is 6.03 Å². The molecule has 8 nitrogen and oxygen atoms in total. The Morgan fingerprint density at radius 3 is 2.61 bits per heavy atom. The minimum atomic E-state index is -1.36. The number of hydrogen-bond acceptors (Lipinski definition) is 5. The first kappa shape index (κ1) is 21.2. The molecule has 0 aliphatic carbocycles. The average Bonchev–Trinajstić information content (AvgIpc) is 3.39. The van der Waals surface area contributed by atoms with Crippen LogP contribution in [-0.4, -0.2) is 53.9 Å². The van der Waals surface area contributed by atoms with E-state index < -0.39 is 23.3 Å². The zero-order chi connectivity index (χ0) is 23.2. The van der Waals surface area contributed by atoms with E-state index in [2.05, 4.69) is 5.32 Å². The average molecular weight is 453 g/mol. The Bertz CT molecular complexity index is 1120. The second kappa shape index (κ2) is 8.06. The fourth-order valence-corrected chi connectivity index (χ4v) is 4.72. The molecule has 9 heteroatoms. The lowest BCUT2D eigenvalue weighted by Crippen LogP contribution is -2.44. The molecule has 0 aromatic heterocycles. The van der Waals surface area contributed by atoms with Gasteiger partial charge < -0.3 is 19.7 Å². The highest BCUT2D eigenvalue weighted by Crippen LogP contribution is 2.38. The van der Waals surface area contributed by atoms with Crippen LogP contribution in [0.25, 0.3) is 0 Å². The van der Waals surface area contributed by atoms with Gasteiger partial charge in [0.1, 0.15) is 31.1 Å². The molecule has 0 unspecified atom stereocenters. The minimum Gasteiger partial charge on any atom is -0.486 e. The first-order valence-electron chi connectivity index (χ1n) is 11.0. The summed E-state index contributed by atoms with van der Waals surface area (Å²) in [5.74, 6) is 0.0506. The van der Waals surface area contributed by atoms with Crippen molar-refractivity contribution in [2.24, 2.45) is 0 Å². The van der Waals surface area contributed by atoms with Crippen LogP contribution in [0.5, 0.6) is 11.5 Å². The lowest BCUT2D eigenvalue weighted by atomic mass is 9.92. The molecule has 0 saturated carbocycles. The van der Waals surface area contributed by atoms with E-state index in [4.69, 9.17) is 9.47 Å². The zero-order valence-electron chi connectivity index (χ0n) is 18.2. The molecule has 3 aliphatic rings. The van der Waals surface area contributed by atoms with Gasteiger partial charge in [0, 0.05) is 6.54 Å². The van der Waals surface area contributed by atoms with Crippen LogP contribution < -0.4 is 14.8 Å². The van der Waals surface area contributed by atoms with Crippen molar-refractivity contribution in [1.82, 2.24) is 15.1 Å². The number of fused-ring (bicyclic) bond motifs is 1. The van der Waals surface area contributed by atoms with Crippen LogP contribution in [0, 0.1) is 5.82 Å². The molecular formula is C24H24FN3O5. The highest BCUT2D eigenvalue weighted by Gasteiger charge is 2.50. The van der Waals surface area contributed by atoms with E-state index in [0.29, 0.717) is 36.8 Å². The molecule has 2 atom stereocenters. The Labute approximate surface area is 190 Å². The number of benzene rings is 2. The predicted octanol–water partition coefficient (Wildman–Crippen LogP) is 2.73. The number of urea groups is 1. The summed E-state index contributed by atoms with van der Waals surface area (Å²) in [6.07, 6.45) is 1.59. The first-order valence-corrected chi connectivity index (χ1v) is 11.0. The van der Waals surface area contributed by atoms with Crippen molar-refractivity contribution in [2.75, 3.05) is 26.3 Å². The van der Waals surface area contributed by atoms with Crippen LogP contribution in [0.3, 0.4) is 0 Å². The SMILES string of the molecule is C[C@]1(c2ccc(F)cc2)NC(=O)N(CC(=O)N2CCC[C@H]2c2ccc3c(c2)OCCO3)C1=O. The number of rotatable bonds is 4. The molecule has 2 aromatic rings. The van der Waals surface area contributed by atoms with Gasteiger partial charge in [-0.05, 0) is 55.2 Å². The van der Waals surface area contributed by atoms with Gasteiger partial charge in [-0.2, -0.15) is 0 Å². The van der Waals surface area contributed by atoms with Gasteiger partial charge in [0.15, 0.2) is 11.5 Å². The van der Waals surface area contributed by atoms with Crippen molar-refractivity contribution < 1.29 is 28.2 Å². The van der Waals surface area contributed by atoms with Gasteiger partial charge in [0.05, 0.1) is 6.04 Å². The lowest BCUT2D eigenvalue weighted by Gasteiger charge is -2.28. The third-order valence-electron chi connectivity index (χ3n) is 6.51. The molecule has 0 bridgehead atoms. The van der Waals surface area contributed by atoms with E-state index >= 15 is 0 Å². The Morgan fingerprint density at radius 2 is 1.85 bits per heavy atom. The number of halogens is 1. The topological polar surface area (TPSA) is 88.2 Å². The van der Waals surface area contributed by atoms with Crippen molar-refractivity contribution in [3.63, 3.8) is 0 Å². The maximum atomic E-state index is 13.3. The van der Waals surface area contributed by atoms with Gasteiger partial charge in [0.2, 0.25) is 5.91 Å². The number of hydrogen-bond donors (Lipinski definition) is 1. The molecular weight excluding hydrogens is 429 g/mol. The lowest BCUT2D eigenvalue weighted by molar-refractivity contribution is -0.139. The number of nitrogens with one attached hydrogen (secondary N) is 1. The van der Waals surface area contributed by atoms with Crippen molar-refractivity contribution in [2.45, 2.75) is 31.3 Å². The molecule has 2 saturated heterocycles. The van der Waals surface area contributed by atoms with Gasteiger partial charge in [-0.1, -0.05) is 18.2 Å².